The number of nitrogens with one attached hydrogen (secondary N) is 1. The molecule has 3 aromatic rings. The van der Waals surface area contributed by atoms with E-state index in [9.17, 15) is 18.3 Å². The van der Waals surface area contributed by atoms with Crippen molar-refractivity contribution in [1.29, 1.82) is 0 Å². The molecule has 2 N–H and O–H groups in total. The normalized spacial score (nSPS) is 17.4. The van der Waals surface area contributed by atoms with Gasteiger partial charge in [-0.15, -0.1) is 0 Å². The van der Waals surface area contributed by atoms with Crippen LogP contribution in [0.1, 0.15) is 26.0 Å². The summed E-state index contributed by atoms with van der Waals surface area (Å²) in [6.45, 7) is 4.62. The molecule has 3 atom stereocenters. The number of aliphatic imine (C=N–C) groups is 1. The summed E-state index contributed by atoms with van der Waals surface area (Å²) in [4.78, 5) is 19.8. The van der Waals surface area contributed by atoms with Crippen molar-refractivity contribution in [2.75, 3.05) is 26.5 Å². The molecular formula is C26H30N2O7S2. The first-order valence-corrected chi connectivity index (χ1v) is 14.6. The molecule has 37 heavy (non-hydrogen) atoms. The maximum Gasteiger partial charge on any atom is 0.307 e. The highest BCUT2D eigenvalue weighted by molar-refractivity contribution is 8.15. The number of carbonyl (C=O) groups is 1. The van der Waals surface area contributed by atoms with E-state index in [-0.39, 0.29) is 16.2 Å². The van der Waals surface area contributed by atoms with Crippen LogP contribution in [0.15, 0.2) is 52.4 Å². The van der Waals surface area contributed by atoms with Crippen molar-refractivity contribution in [3.63, 3.8) is 0 Å². The van der Waals surface area contributed by atoms with Crippen LogP contribution in [0.5, 0.6) is 17.2 Å². The average molecular weight is 547 g/mol. The van der Waals surface area contributed by atoms with Crippen LogP contribution in [-0.2, 0) is 19.4 Å². The summed E-state index contributed by atoms with van der Waals surface area (Å²) in [5, 5.41) is 11.0. The number of thioether (sulfide) groups is 1. The number of carboxylic acid groups (broad SMARTS) is 1. The van der Waals surface area contributed by atoms with Gasteiger partial charge in [0.2, 0.25) is 0 Å². The largest absolute Gasteiger partial charge is 0.486 e. The lowest BCUT2D eigenvalue weighted by molar-refractivity contribution is -0.141. The van der Waals surface area contributed by atoms with Crippen LogP contribution >= 0.6 is 11.8 Å². The van der Waals surface area contributed by atoms with E-state index >= 15 is 0 Å². The lowest BCUT2D eigenvalue weighted by Crippen LogP contribution is -2.26. The summed E-state index contributed by atoms with van der Waals surface area (Å²) in [6, 6.07) is 11.8. The summed E-state index contributed by atoms with van der Waals surface area (Å²) in [7, 11) is -1.70. The van der Waals surface area contributed by atoms with Gasteiger partial charge in [-0.25, -0.2) is 8.42 Å². The second-order valence-electron chi connectivity index (χ2n) is 8.95. The molecule has 4 rings (SSSR count). The van der Waals surface area contributed by atoms with Gasteiger partial charge in [-0.05, 0) is 49.7 Å². The molecule has 1 aromatic heterocycles. The van der Waals surface area contributed by atoms with Crippen LogP contribution in [-0.4, -0.2) is 67.4 Å². The van der Waals surface area contributed by atoms with Crippen molar-refractivity contribution in [1.82, 2.24) is 4.98 Å². The molecule has 2 heterocycles. The molecule has 9 nitrogen and oxygen atoms in total. The third kappa shape index (κ3) is 6.28. The smallest absolute Gasteiger partial charge is 0.307 e. The van der Waals surface area contributed by atoms with Crippen molar-refractivity contribution in [3.05, 3.63) is 48.2 Å². The molecule has 11 heteroatoms. The molecule has 0 saturated carbocycles. The van der Waals surface area contributed by atoms with Crippen LogP contribution in [0.25, 0.3) is 10.9 Å². The number of carboxylic acids is 1. The highest BCUT2D eigenvalue weighted by atomic mass is 32.2. The minimum absolute atomic E-state index is 0.116. The number of rotatable bonds is 11. The van der Waals surface area contributed by atoms with E-state index in [4.69, 9.17) is 14.2 Å². The van der Waals surface area contributed by atoms with Crippen molar-refractivity contribution >= 4 is 43.5 Å². The van der Waals surface area contributed by atoms with E-state index < -0.39 is 21.7 Å². The van der Waals surface area contributed by atoms with E-state index in [1.165, 1.54) is 23.9 Å². The molecule has 0 aliphatic carbocycles. The van der Waals surface area contributed by atoms with Crippen LogP contribution in [0.2, 0.25) is 0 Å². The monoisotopic (exact) mass is 546 g/mol. The van der Waals surface area contributed by atoms with Crippen molar-refractivity contribution in [2.24, 2.45) is 10.9 Å². The molecule has 0 amide bonds. The molecular weight excluding hydrogens is 516 g/mol. The zero-order valence-electron chi connectivity index (χ0n) is 21.1. The molecule has 0 radical (unpaired) electrons. The fourth-order valence-corrected chi connectivity index (χ4v) is 6.10. The number of hydrogen-bond acceptors (Lipinski definition) is 8. The molecule has 198 valence electrons. The second kappa shape index (κ2) is 11.2. The highest BCUT2D eigenvalue weighted by Crippen LogP contribution is 2.37. The van der Waals surface area contributed by atoms with Crippen molar-refractivity contribution < 1.29 is 32.5 Å². The summed E-state index contributed by atoms with van der Waals surface area (Å²) in [5.41, 5.74) is 1.54. The van der Waals surface area contributed by atoms with Gasteiger partial charge in [-0.3, -0.25) is 9.79 Å². The number of nitrogens with zero attached hydrogens (tertiary/aromatic N) is 1. The molecule has 0 saturated heterocycles. The van der Waals surface area contributed by atoms with Crippen LogP contribution < -0.4 is 9.47 Å². The zero-order chi connectivity index (χ0) is 26.7. The summed E-state index contributed by atoms with van der Waals surface area (Å²) < 4.78 is 40.9. The Hall–Kier alpha value is -3.02. The fourth-order valence-electron chi connectivity index (χ4n) is 4.17. The van der Waals surface area contributed by atoms with E-state index in [1.807, 2.05) is 26.0 Å². The number of benzene rings is 2. The third-order valence-electron chi connectivity index (χ3n) is 6.00. The zero-order valence-corrected chi connectivity index (χ0v) is 22.7. The number of ether oxygens (including phenoxy) is 3. The standard InChI is InChI=1S/C26H30N2O7S2/c1-5-20(26(29)30)23-13-27-25(36-23)21-11-16-10-18(12-22(24(16)28-21)34-15(2)14-33-3)35-17-6-8-19(9-7-17)37(4,31)32/h6-12,15,20,23,28H,5,13-14H2,1-4H3,(H,29,30). The van der Waals surface area contributed by atoms with Crippen LogP contribution in [0.3, 0.4) is 0 Å². The van der Waals surface area contributed by atoms with Crippen molar-refractivity contribution in [2.45, 2.75) is 36.5 Å². The minimum atomic E-state index is -3.31. The first kappa shape index (κ1) is 27.0. The Labute approximate surface area is 220 Å². The lowest BCUT2D eigenvalue weighted by Gasteiger charge is -2.16. The number of aliphatic carboxylic acids is 1. The Morgan fingerprint density at radius 3 is 2.57 bits per heavy atom. The number of methoxy groups -OCH3 is 1. The Balaban J connectivity index is 1.65. The first-order valence-electron chi connectivity index (χ1n) is 11.8. The minimum Gasteiger partial charge on any atom is -0.486 e. The molecule has 1 aliphatic heterocycles. The molecule has 1 aliphatic rings. The SMILES string of the molecule is CCC(C(=O)O)C1CN=C(c2cc3cc(Oc4ccc(S(C)(=O)=O)cc4)cc(OC(C)COC)c3[nH]2)S1. The Bertz CT molecular complexity index is 1410. The molecule has 0 fully saturated rings. The average Bonchev–Trinajstić information content (AvgIpc) is 3.47. The predicted octanol–water partition coefficient (Wildman–Crippen LogP) is 4.75. The van der Waals surface area contributed by atoms with Gasteiger partial charge in [0, 0.05) is 30.1 Å². The molecule has 3 unspecified atom stereocenters. The fraction of sp³-hybridized carbons (Fsp3) is 0.385. The van der Waals surface area contributed by atoms with E-state index in [0.717, 1.165) is 27.9 Å². The summed E-state index contributed by atoms with van der Waals surface area (Å²) >= 11 is 1.47. The predicted molar refractivity (Wildman–Crippen MR) is 144 cm³/mol. The van der Waals surface area contributed by atoms with Crippen molar-refractivity contribution in [3.8, 4) is 17.2 Å². The number of sulfone groups is 1. The lowest BCUT2D eigenvalue weighted by atomic mass is 10.0. The van der Waals surface area contributed by atoms with E-state index in [0.29, 0.717) is 36.8 Å². The maximum atomic E-state index is 11.8. The number of hydrogen-bond donors (Lipinski definition) is 2. The van der Waals surface area contributed by atoms with Gasteiger partial charge in [0.15, 0.2) is 9.84 Å². The maximum absolute atomic E-state index is 11.8. The first-order chi connectivity index (χ1) is 17.6. The summed E-state index contributed by atoms with van der Waals surface area (Å²) in [5.74, 6) is 0.297. The molecule has 0 bridgehead atoms. The highest BCUT2D eigenvalue weighted by Gasteiger charge is 2.32. The van der Waals surface area contributed by atoms with Gasteiger partial charge in [0.05, 0.1) is 35.2 Å². The number of aromatic amines is 1. The van der Waals surface area contributed by atoms with Gasteiger partial charge in [0.25, 0.3) is 0 Å². The molecule has 2 aromatic carbocycles. The van der Waals surface area contributed by atoms with Crippen LogP contribution in [0.4, 0.5) is 0 Å². The van der Waals surface area contributed by atoms with E-state index in [1.54, 1.807) is 25.3 Å². The van der Waals surface area contributed by atoms with Gasteiger partial charge >= 0.3 is 5.97 Å². The van der Waals surface area contributed by atoms with E-state index in [2.05, 4.69) is 9.98 Å². The Morgan fingerprint density at radius 2 is 1.95 bits per heavy atom. The number of aromatic nitrogens is 1. The second-order valence-corrected chi connectivity index (χ2v) is 12.2. The molecule has 0 spiro atoms. The van der Waals surface area contributed by atoms with Gasteiger partial charge in [-0.1, -0.05) is 18.7 Å². The van der Waals surface area contributed by atoms with Crippen LogP contribution in [0, 0.1) is 5.92 Å². The number of H-pyrrole nitrogens is 1. The third-order valence-corrected chi connectivity index (χ3v) is 8.48. The quantitative estimate of drug-likeness (QED) is 0.353. The van der Waals surface area contributed by atoms with Gasteiger partial charge in [0.1, 0.15) is 28.4 Å². The summed E-state index contributed by atoms with van der Waals surface area (Å²) in [6.07, 6.45) is 1.47. The van der Waals surface area contributed by atoms with Gasteiger partial charge < -0.3 is 24.3 Å². The van der Waals surface area contributed by atoms with Gasteiger partial charge in [-0.2, -0.15) is 0 Å². The Morgan fingerprint density at radius 1 is 1.22 bits per heavy atom. The topological polar surface area (TPSA) is 127 Å². The Kier molecular flexibility index (Phi) is 8.15. The number of fused-ring (bicyclic) bond motifs is 1.